The third-order valence-corrected chi connectivity index (χ3v) is 4.08. The molecule has 2 N–H and O–H groups in total. The number of hydrogen-bond acceptors (Lipinski definition) is 5. The van der Waals surface area contributed by atoms with Crippen LogP contribution in [0.15, 0.2) is 18.6 Å². The molecule has 1 saturated heterocycles. The first-order chi connectivity index (χ1) is 12.4. The SMILES string of the molecule is COc1cnc(NC(=O)N2CCCC(c3ncc(C(F)(F)F)[nH]3)C2)nc1. The van der Waals surface area contributed by atoms with Gasteiger partial charge in [-0.3, -0.25) is 5.32 Å². The van der Waals surface area contributed by atoms with E-state index in [2.05, 4.69) is 25.3 Å². The molecule has 2 aromatic rings. The molecule has 0 bridgehead atoms. The average molecular weight is 370 g/mol. The van der Waals surface area contributed by atoms with Crippen LogP contribution in [0.2, 0.25) is 0 Å². The highest BCUT2D eigenvalue weighted by Crippen LogP contribution is 2.31. The summed E-state index contributed by atoms with van der Waals surface area (Å²) in [6.45, 7) is 0.748. The van der Waals surface area contributed by atoms with Gasteiger partial charge in [-0.05, 0) is 12.8 Å². The number of ether oxygens (including phenoxy) is 1. The highest BCUT2D eigenvalue weighted by molar-refractivity contribution is 5.87. The minimum atomic E-state index is -4.47. The summed E-state index contributed by atoms with van der Waals surface area (Å²) in [6, 6.07) is -0.414. The normalized spacial score (nSPS) is 17.8. The Kier molecular flexibility index (Phi) is 4.96. The molecule has 1 aliphatic heterocycles. The topological polar surface area (TPSA) is 96.0 Å². The van der Waals surface area contributed by atoms with Crippen LogP contribution in [0, 0.1) is 0 Å². The summed E-state index contributed by atoms with van der Waals surface area (Å²) in [6.07, 6.45) is 0.450. The number of hydrogen-bond donors (Lipinski definition) is 2. The molecule has 3 heterocycles. The first-order valence-electron chi connectivity index (χ1n) is 7.91. The summed E-state index contributed by atoms with van der Waals surface area (Å²) in [7, 11) is 1.48. The molecule has 0 saturated carbocycles. The lowest BCUT2D eigenvalue weighted by atomic mass is 9.98. The van der Waals surface area contributed by atoms with Crippen molar-refractivity contribution in [3.8, 4) is 5.75 Å². The minimum absolute atomic E-state index is 0.121. The van der Waals surface area contributed by atoms with Crippen molar-refractivity contribution in [2.45, 2.75) is 24.9 Å². The maximum absolute atomic E-state index is 12.7. The molecular weight excluding hydrogens is 353 g/mol. The number of carbonyl (C=O) groups excluding carboxylic acids is 1. The van der Waals surface area contributed by atoms with Gasteiger partial charge in [-0.1, -0.05) is 0 Å². The molecule has 140 valence electrons. The Morgan fingerprint density at radius 3 is 2.65 bits per heavy atom. The zero-order chi connectivity index (χ0) is 18.7. The Morgan fingerprint density at radius 2 is 2.04 bits per heavy atom. The smallest absolute Gasteiger partial charge is 0.432 e. The third-order valence-electron chi connectivity index (χ3n) is 4.08. The van der Waals surface area contributed by atoms with Crippen molar-refractivity contribution in [3.05, 3.63) is 30.1 Å². The number of alkyl halides is 3. The van der Waals surface area contributed by atoms with E-state index in [1.165, 1.54) is 24.4 Å². The van der Waals surface area contributed by atoms with Gasteiger partial charge in [-0.2, -0.15) is 13.2 Å². The molecule has 1 aliphatic rings. The standard InChI is InChI=1S/C15H17F3N6O2/c1-26-10-5-20-13(21-6-10)23-14(25)24-4-2-3-9(8-24)12-19-7-11(22-12)15(16,17)18/h5-7,9H,2-4,8H2,1H3,(H,19,22)(H,20,21,23,25). The van der Waals surface area contributed by atoms with Crippen molar-refractivity contribution in [2.24, 2.45) is 0 Å². The Balaban J connectivity index is 1.63. The molecule has 1 fully saturated rings. The third kappa shape index (κ3) is 4.03. The van der Waals surface area contributed by atoms with Crippen molar-refractivity contribution in [2.75, 3.05) is 25.5 Å². The lowest BCUT2D eigenvalue weighted by Gasteiger charge is -2.31. The van der Waals surface area contributed by atoms with Crippen LogP contribution in [-0.4, -0.2) is 51.1 Å². The number of nitrogens with one attached hydrogen (secondary N) is 2. The summed E-state index contributed by atoms with van der Waals surface area (Å²) >= 11 is 0. The minimum Gasteiger partial charge on any atom is -0.494 e. The van der Waals surface area contributed by atoms with E-state index < -0.39 is 17.9 Å². The number of rotatable bonds is 3. The van der Waals surface area contributed by atoms with Gasteiger partial charge in [-0.25, -0.2) is 19.7 Å². The van der Waals surface area contributed by atoms with Gasteiger partial charge in [0.2, 0.25) is 5.95 Å². The van der Waals surface area contributed by atoms with Crippen molar-refractivity contribution in [1.82, 2.24) is 24.8 Å². The number of aromatic amines is 1. The van der Waals surface area contributed by atoms with Crippen molar-refractivity contribution in [3.63, 3.8) is 0 Å². The second kappa shape index (κ2) is 7.18. The van der Waals surface area contributed by atoms with Crippen LogP contribution in [0.5, 0.6) is 5.75 Å². The first kappa shape index (κ1) is 18.0. The predicted molar refractivity (Wildman–Crippen MR) is 84.7 cm³/mol. The monoisotopic (exact) mass is 370 g/mol. The van der Waals surface area contributed by atoms with E-state index >= 15 is 0 Å². The van der Waals surface area contributed by atoms with Crippen LogP contribution < -0.4 is 10.1 Å². The van der Waals surface area contributed by atoms with E-state index in [0.29, 0.717) is 25.1 Å². The molecule has 2 amide bonds. The lowest BCUT2D eigenvalue weighted by molar-refractivity contribution is -0.141. The molecule has 8 nitrogen and oxygen atoms in total. The Hall–Kier alpha value is -2.85. The van der Waals surface area contributed by atoms with E-state index in [-0.39, 0.29) is 24.2 Å². The van der Waals surface area contributed by atoms with Crippen LogP contribution in [0.4, 0.5) is 23.9 Å². The Morgan fingerprint density at radius 1 is 1.31 bits per heavy atom. The van der Waals surface area contributed by atoms with E-state index in [4.69, 9.17) is 4.74 Å². The fourth-order valence-electron chi connectivity index (χ4n) is 2.73. The number of urea groups is 1. The van der Waals surface area contributed by atoms with Crippen LogP contribution in [0.25, 0.3) is 0 Å². The van der Waals surface area contributed by atoms with Crippen molar-refractivity contribution >= 4 is 12.0 Å². The van der Waals surface area contributed by atoms with Crippen molar-refractivity contribution < 1.29 is 22.7 Å². The number of H-pyrrole nitrogens is 1. The van der Waals surface area contributed by atoms with E-state index in [0.717, 1.165) is 6.20 Å². The largest absolute Gasteiger partial charge is 0.494 e. The summed E-state index contributed by atoms with van der Waals surface area (Å²) < 4.78 is 43.0. The summed E-state index contributed by atoms with van der Waals surface area (Å²) in [4.78, 5) is 27.9. The average Bonchev–Trinajstić information content (AvgIpc) is 3.13. The summed E-state index contributed by atoms with van der Waals surface area (Å²) in [5.41, 5.74) is -0.888. The molecule has 26 heavy (non-hydrogen) atoms. The van der Waals surface area contributed by atoms with Crippen LogP contribution >= 0.6 is 0 Å². The molecule has 2 aromatic heterocycles. The lowest BCUT2D eigenvalue weighted by Crippen LogP contribution is -2.42. The highest BCUT2D eigenvalue weighted by atomic mass is 19.4. The highest BCUT2D eigenvalue weighted by Gasteiger charge is 2.34. The first-order valence-corrected chi connectivity index (χ1v) is 7.91. The van der Waals surface area contributed by atoms with E-state index in [1.807, 2.05) is 0 Å². The van der Waals surface area contributed by atoms with Gasteiger partial charge in [0, 0.05) is 19.0 Å². The second-order valence-electron chi connectivity index (χ2n) is 5.84. The number of nitrogens with zero attached hydrogens (tertiary/aromatic N) is 4. The van der Waals surface area contributed by atoms with Crippen molar-refractivity contribution in [1.29, 1.82) is 0 Å². The molecule has 0 radical (unpaired) electrons. The van der Waals surface area contributed by atoms with Crippen LogP contribution in [0.3, 0.4) is 0 Å². The van der Waals surface area contributed by atoms with Gasteiger partial charge in [0.25, 0.3) is 0 Å². The Labute approximate surface area is 146 Å². The summed E-state index contributed by atoms with van der Waals surface area (Å²) in [5, 5.41) is 2.56. The van der Waals surface area contributed by atoms with E-state index in [1.54, 1.807) is 0 Å². The number of anilines is 1. The molecule has 0 aromatic carbocycles. The predicted octanol–water partition coefficient (Wildman–Crippen LogP) is 2.64. The molecule has 0 spiro atoms. The maximum Gasteiger partial charge on any atom is 0.432 e. The fraction of sp³-hybridized carbons (Fsp3) is 0.467. The maximum atomic E-state index is 12.7. The molecule has 1 atom stereocenters. The van der Waals surface area contributed by atoms with E-state index in [9.17, 15) is 18.0 Å². The number of amides is 2. The number of methoxy groups -OCH3 is 1. The number of likely N-dealkylation sites (tertiary alicyclic amines) is 1. The number of imidazole rings is 1. The quantitative estimate of drug-likeness (QED) is 0.866. The van der Waals surface area contributed by atoms with Gasteiger partial charge in [-0.15, -0.1) is 0 Å². The molecule has 1 unspecified atom stereocenters. The Bertz CT molecular complexity index is 761. The van der Waals surface area contributed by atoms with Gasteiger partial charge >= 0.3 is 12.2 Å². The zero-order valence-electron chi connectivity index (χ0n) is 13.9. The number of aromatic nitrogens is 4. The molecular formula is C15H17F3N6O2. The number of piperidine rings is 1. The van der Waals surface area contributed by atoms with Gasteiger partial charge in [0.1, 0.15) is 11.5 Å². The summed E-state index contributed by atoms with van der Waals surface area (Å²) in [5.74, 6) is 0.521. The number of halogens is 3. The second-order valence-corrected chi connectivity index (χ2v) is 5.84. The molecule has 11 heteroatoms. The van der Waals surface area contributed by atoms with Crippen LogP contribution in [-0.2, 0) is 6.18 Å². The fourth-order valence-corrected chi connectivity index (χ4v) is 2.73. The van der Waals surface area contributed by atoms with Gasteiger partial charge in [0.05, 0.1) is 25.7 Å². The number of carbonyl (C=O) groups is 1. The van der Waals surface area contributed by atoms with Crippen LogP contribution in [0.1, 0.15) is 30.3 Å². The van der Waals surface area contributed by atoms with Gasteiger partial charge < -0.3 is 14.6 Å². The molecule has 3 rings (SSSR count). The molecule has 0 aliphatic carbocycles. The zero-order valence-corrected chi connectivity index (χ0v) is 13.9. The van der Waals surface area contributed by atoms with Gasteiger partial charge in [0.15, 0.2) is 5.75 Å².